The lowest BCUT2D eigenvalue weighted by Gasteiger charge is -2.36. The van der Waals surface area contributed by atoms with Crippen LogP contribution in [0.1, 0.15) is 41.6 Å². The highest BCUT2D eigenvalue weighted by molar-refractivity contribution is 7.10. The summed E-state index contributed by atoms with van der Waals surface area (Å²) in [5, 5.41) is 2.62. The molecule has 0 amide bonds. The van der Waals surface area contributed by atoms with E-state index in [9.17, 15) is 4.79 Å². The first-order chi connectivity index (χ1) is 13.0. The summed E-state index contributed by atoms with van der Waals surface area (Å²) in [6, 6.07) is 7.69. The topological polar surface area (TPSA) is 44.8 Å². The summed E-state index contributed by atoms with van der Waals surface area (Å²) in [4.78, 5) is 13.1. The second kappa shape index (κ2) is 9.44. The van der Waals surface area contributed by atoms with Crippen molar-refractivity contribution in [3.05, 3.63) is 50.7 Å². The summed E-state index contributed by atoms with van der Waals surface area (Å²) < 4.78 is 17.1. The van der Waals surface area contributed by atoms with Gasteiger partial charge in [0, 0.05) is 16.8 Å². The predicted octanol–water partition coefficient (Wildman–Crippen LogP) is 6.18. The van der Waals surface area contributed by atoms with E-state index in [2.05, 4.69) is 33.9 Å². The summed E-state index contributed by atoms with van der Waals surface area (Å²) in [6.07, 6.45) is 0.640. The molecule has 0 saturated carbocycles. The number of rotatable bonds is 8. The zero-order chi connectivity index (χ0) is 20.9. The molecule has 0 aliphatic rings. The van der Waals surface area contributed by atoms with Gasteiger partial charge in [0.2, 0.25) is 0 Å². The Hall–Kier alpha value is -1.34. The third kappa shape index (κ3) is 5.83. The fourth-order valence-corrected chi connectivity index (χ4v) is 4.64. The van der Waals surface area contributed by atoms with Gasteiger partial charge in [-0.1, -0.05) is 44.5 Å². The highest BCUT2D eigenvalue weighted by Gasteiger charge is 2.37. The molecule has 0 bridgehead atoms. The van der Waals surface area contributed by atoms with Crippen LogP contribution in [0.4, 0.5) is 0 Å². The van der Waals surface area contributed by atoms with Gasteiger partial charge in [0.05, 0.1) is 18.6 Å². The summed E-state index contributed by atoms with van der Waals surface area (Å²) in [6.45, 7) is 11.9. The van der Waals surface area contributed by atoms with Crippen LogP contribution in [0.3, 0.4) is 0 Å². The van der Waals surface area contributed by atoms with Gasteiger partial charge in [0.25, 0.3) is 0 Å². The van der Waals surface area contributed by atoms with Crippen LogP contribution in [-0.2, 0) is 15.6 Å². The van der Waals surface area contributed by atoms with Crippen molar-refractivity contribution in [3.8, 4) is 5.75 Å². The second-order valence-electron chi connectivity index (χ2n) is 8.16. The summed E-state index contributed by atoms with van der Waals surface area (Å²) in [5.74, 6) is 0.185. The minimum Gasteiger partial charge on any atom is -0.489 e. The Morgan fingerprint density at radius 1 is 1.21 bits per heavy atom. The molecule has 0 saturated heterocycles. The van der Waals surface area contributed by atoms with Gasteiger partial charge in [-0.15, -0.1) is 11.3 Å². The lowest BCUT2D eigenvalue weighted by atomic mass is 10.1. The van der Waals surface area contributed by atoms with Gasteiger partial charge >= 0.3 is 5.97 Å². The van der Waals surface area contributed by atoms with Crippen molar-refractivity contribution in [3.63, 3.8) is 0 Å². The molecule has 28 heavy (non-hydrogen) atoms. The summed E-state index contributed by atoms with van der Waals surface area (Å²) in [7, 11) is -0.458. The number of methoxy groups -OCH3 is 1. The minimum absolute atomic E-state index is 0.143. The van der Waals surface area contributed by atoms with Gasteiger partial charge < -0.3 is 13.9 Å². The molecule has 0 atom stereocenters. The molecule has 0 unspecified atom stereocenters. The molecule has 0 fully saturated rings. The molecule has 1 aromatic heterocycles. The molecule has 1 heterocycles. The first-order valence-corrected chi connectivity index (χ1v) is 13.4. The number of carbonyl (C=O) groups is 1. The monoisotopic (exact) mass is 440 g/mol. The van der Waals surface area contributed by atoms with Gasteiger partial charge in [-0.25, -0.2) is 4.79 Å². The number of esters is 1. The van der Waals surface area contributed by atoms with Gasteiger partial charge in [-0.05, 0) is 35.8 Å². The number of carbonyl (C=O) groups excluding carboxylic acids is 1. The number of hydrogen-bond donors (Lipinski definition) is 0. The van der Waals surface area contributed by atoms with Gasteiger partial charge in [0.15, 0.2) is 8.32 Å². The normalized spacial score (nSPS) is 12.1. The smallest absolute Gasteiger partial charge is 0.342 e. The summed E-state index contributed by atoms with van der Waals surface area (Å²) in [5.41, 5.74) is 1.52. The maximum Gasteiger partial charge on any atom is 0.342 e. The van der Waals surface area contributed by atoms with Crippen LogP contribution in [0.2, 0.25) is 23.2 Å². The van der Waals surface area contributed by atoms with Gasteiger partial charge in [-0.3, -0.25) is 0 Å². The van der Waals surface area contributed by atoms with Crippen molar-refractivity contribution in [2.24, 2.45) is 0 Å². The van der Waals surface area contributed by atoms with E-state index in [-0.39, 0.29) is 5.04 Å². The maximum absolute atomic E-state index is 12.1. The quantitative estimate of drug-likeness (QED) is 0.279. The third-order valence-electron chi connectivity index (χ3n) is 5.07. The van der Waals surface area contributed by atoms with Crippen molar-refractivity contribution in [2.45, 2.75) is 45.3 Å². The number of benzene rings is 1. The number of ether oxygens (including phenoxy) is 2. The zero-order valence-electron chi connectivity index (χ0n) is 17.4. The number of hydrogen-bond acceptors (Lipinski definition) is 5. The first kappa shape index (κ1) is 22.9. The van der Waals surface area contributed by atoms with Crippen molar-refractivity contribution >= 4 is 37.2 Å². The molecule has 154 valence electrons. The van der Waals surface area contributed by atoms with Gasteiger partial charge in [0.1, 0.15) is 17.9 Å². The van der Waals surface area contributed by atoms with Crippen LogP contribution in [0.5, 0.6) is 5.75 Å². The Balaban J connectivity index is 2.12. The summed E-state index contributed by atoms with van der Waals surface area (Å²) >= 11 is 7.58. The molecule has 0 N–H and O–H groups in total. The van der Waals surface area contributed by atoms with Crippen molar-refractivity contribution in [2.75, 3.05) is 20.3 Å². The van der Waals surface area contributed by atoms with E-state index in [1.807, 2.05) is 24.3 Å². The molecule has 0 aliphatic heterocycles. The first-order valence-electron chi connectivity index (χ1n) is 9.25. The number of halogens is 1. The molecule has 7 heteroatoms. The van der Waals surface area contributed by atoms with Crippen LogP contribution in [0, 0.1) is 0 Å². The van der Waals surface area contributed by atoms with Crippen molar-refractivity contribution in [1.29, 1.82) is 0 Å². The van der Waals surface area contributed by atoms with E-state index in [0.29, 0.717) is 36.0 Å². The Labute approximate surface area is 177 Å². The van der Waals surface area contributed by atoms with E-state index in [0.717, 1.165) is 10.4 Å². The van der Waals surface area contributed by atoms with Crippen molar-refractivity contribution < 1.29 is 18.7 Å². The lowest BCUT2D eigenvalue weighted by molar-refractivity contribution is 0.0595. The average molecular weight is 441 g/mol. The highest BCUT2D eigenvalue weighted by Crippen LogP contribution is 2.37. The molecular formula is C21H29ClO4SSi. The fourth-order valence-electron chi connectivity index (χ4n) is 2.41. The molecule has 2 aromatic rings. The minimum atomic E-state index is -1.83. The highest BCUT2D eigenvalue weighted by atomic mass is 35.5. The Kier molecular flexibility index (Phi) is 7.73. The van der Waals surface area contributed by atoms with Crippen LogP contribution >= 0.6 is 22.9 Å². The molecular weight excluding hydrogens is 412 g/mol. The van der Waals surface area contributed by atoms with Crippen LogP contribution in [0.25, 0.3) is 0 Å². The van der Waals surface area contributed by atoms with Crippen LogP contribution < -0.4 is 4.74 Å². The SMILES string of the molecule is COC(=O)c1csc(Cc2cccc(Cl)c2)c1OCCO[Si](C)(C)C(C)(C)C. The van der Waals surface area contributed by atoms with Crippen LogP contribution in [-0.4, -0.2) is 34.6 Å². The maximum atomic E-state index is 12.1. The largest absolute Gasteiger partial charge is 0.489 e. The lowest BCUT2D eigenvalue weighted by Crippen LogP contribution is -2.41. The van der Waals surface area contributed by atoms with E-state index in [1.54, 1.807) is 5.38 Å². The van der Waals surface area contributed by atoms with Crippen LogP contribution in [0.15, 0.2) is 29.6 Å². The molecule has 4 nitrogen and oxygen atoms in total. The Morgan fingerprint density at radius 3 is 2.54 bits per heavy atom. The molecule has 2 rings (SSSR count). The average Bonchev–Trinajstić information content (AvgIpc) is 2.99. The molecule has 0 radical (unpaired) electrons. The third-order valence-corrected chi connectivity index (χ3v) is 10.8. The van der Waals surface area contributed by atoms with E-state index in [1.165, 1.54) is 18.4 Å². The standard InChI is InChI=1S/C21H29ClO4SSi/c1-21(2,3)28(5,6)26-11-10-25-19-17(20(23)24-4)14-27-18(19)13-15-8-7-9-16(22)12-15/h7-9,12,14H,10-11,13H2,1-6H3. The molecule has 1 aromatic carbocycles. The fraction of sp³-hybridized carbons (Fsp3) is 0.476. The predicted molar refractivity (Wildman–Crippen MR) is 119 cm³/mol. The Bertz CT molecular complexity index is 811. The Morgan fingerprint density at radius 2 is 1.93 bits per heavy atom. The van der Waals surface area contributed by atoms with E-state index >= 15 is 0 Å². The van der Waals surface area contributed by atoms with Crippen molar-refractivity contribution in [1.82, 2.24) is 0 Å². The molecule has 0 spiro atoms. The zero-order valence-corrected chi connectivity index (χ0v) is 20.0. The van der Waals surface area contributed by atoms with Gasteiger partial charge in [-0.2, -0.15) is 0 Å². The number of thiophene rings is 1. The van der Waals surface area contributed by atoms with E-state index < -0.39 is 14.3 Å². The second-order valence-corrected chi connectivity index (χ2v) is 14.4. The molecule has 0 aliphatic carbocycles. The van der Waals surface area contributed by atoms with E-state index in [4.69, 9.17) is 25.5 Å².